The lowest BCUT2D eigenvalue weighted by Crippen LogP contribution is -2.09. The first kappa shape index (κ1) is 25.3. The smallest absolute Gasteiger partial charge is 0.343 e. The van der Waals surface area contributed by atoms with Crippen LogP contribution < -0.4 is 18.9 Å². The number of hydrogen-bond acceptors (Lipinski definition) is 6. The van der Waals surface area contributed by atoms with Crippen molar-refractivity contribution in [3.8, 4) is 45.3 Å². The van der Waals surface area contributed by atoms with Gasteiger partial charge >= 0.3 is 5.97 Å². The summed E-state index contributed by atoms with van der Waals surface area (Å²) >= 11 is 0. The monoisotopic (exact) mass is 494 g/mol. The Bertz CT molecular complexity index is 1390. The van der Waals surface area contributed by atoms with Gasteiger partial charge in [0.25, 0.3) is 6.47 Å². The van der Waals surface area contributed by atoms with Gasteiger partial charge in [-0.25, -0.2) is 4.79 Å². The first-order valence-corrected chi connectivity index (χ1v) is 11.6. The van der Waals surface area contributed by atoms with Crippen molar-refractivity contribution < 1.29 is 28.5 Å². The molecular weight excluding hydrogens is 468 g/mol. The molecule has 0 radical (unpaired) electrons. The van der Waals surface area contributed by atoms with E-state index in [1.54, 1.807) is 43.5 Å². The summed E-state index contributed by atoms with van der Waals surface area (Å²) < 4.78 is 21.7. The van der Waals surface area contributed by atoms with Crippen molar-refractivity contribution >= 4 is 12.4 Å². The lowest BCUT2D eigenvalue weighted by Gasteiger charge is -2.14. The van der Waals surface area contributed by atoms with Crippen molar-refractivity contribution in [3.05, 3.63) is 109 Å². The third-order valence-corrected chi connectivity index (χ3v) is 5.53. The first-order valence-electron chi connectivity index (χ1n) is 11.6. The van der Waals surface area contributed by atoms with E-state index in [9.17, 15) is 9.59 Å². The van der Waals surface area contributed by atoms with E-state index in [-0.39, 0.29) is 0 Å². The Labute approximate surface area is 215 Å². The number of benzene rings is 4. The Hall–Kier alpha value is -4.84. The molecule has 0 heterocycles. The SMILES string of the molecule is C=C(C)COc1cc(OC(=O)c2ccc(-c3ccc(OC=O)cc3)cc2)ccc1-c1ccc(OC)cc1. The molecule has 6 heteroatoms. The van der Waals surface area contributed by atoms with E-state index in [2.05, 4.69) is 6.58 Å². The van der Waals surface area contributed by atoms with Crippen molar-refractivity contribution in [3.63, 3.8) is 0 Å². The van der Waals surface area contributed by atoms with E-state index in [4.69, 9.17) is 18.9 Å². The number of rotatable bonds is 10. The maximum absolute atomic E-state index is 12.8. The van der Waals surface area contributed by atoms with Gasteiger partial charge in [0, 0.05) is 11.6 Å². The summed E-state index contributed by atoms with van der Waals surface area (Å²) in [6.07, 6.45) is 0. The second kappa shape index (κ2) is 11.7. The predicted octanol–water partition coefficient (Wildman–Crippen LogP) is 6.74. The molecule has 0 aliphatic heterocycles. The topological polar surface area (TPSA) is 71.1 Å². The molecule has 6 nitrogen and oxygen atoms in total. The van der Waals surface area contributed by atoms with E-state index in [0.29, 0.717) is 35.9 Å². The van der Waals surface area contributed by atoms with Gasteiger partial charge in [-0.3, -0.25) is 4.79 Å². The van der Waals surface area contributed by atoms with Crippen LogP contribution in [-0.4, -0.2) is 26.2 Å². The highest BCUT2D eigenvalue weighted by Crippen LogP contribution is 2.35. The molecule has 0 aliphatic carbocycles. The van der Waals surface area contributed by atoms with Gasteiger partial charge in [0.1, 0.15) is 29.6 Å². The Kier molecular flexibility index (Phi) is 8.01. The Balaban J connectivity index is 1.52. The van der Waals surface area contributed by atoms with Gasteiger partial charge in [-0.2, -0.15) is 0 Å². The molecule has 0 unspecified atom stereocenters. The Morgan fingerprint density at radius 1 is 0.784 bits per heavy atom. The highest BCUT2D eigenvalue weighted by molar-refractivity contribution is 5.92. The molecule has 0 atom stereocenters. The molecule has 0 bridgehead atoms. The summed E-state index contributed by atoms with van der Waals surface area (Å²) in [5.74, 6) is 1.69. The van der Waals surface area contributed by atoms with Crippen LogP contribution in [0.5, 0.6) is 23.0 Å². The number of carbonyl (C=O) groups is 2. The van der Waals surface area contributed by atoms with Crippen LogP contribution in [0.1, 0.15) is 17.3 Å². The fourth-order valence-corrected chi connectivity index (χ4v) is 3.64. The number of ether oxygens (including phenoxy) is 4. The summed E-state index contributed by atoms with van der Waals surface area (Å²) in [5.41, 5.74) is 4.91. The van der Waals surface area contributed by atoms with E-state index in [0.717, 1.165) is 33.6 Å². The number of hydrogen-bond donors (Lipinski definition) is 0. The van der Waals surface area contributed by atoms with E-state index in [1.807, 2.05) is 61.5 Å². The van der Waals surface area contributed by atoms with Gasteiger partial charge < -0.3 is 18.9 Å². The quantitative estimate of drug-likeness (QED) is 0.105. The summed E-state index contributed by atoms with van der Waals surface area (Å²) in [7, 11) is 1.62. The van der Waals surface area contributed by atoms with Crippen molar-refractivity contribution in [1.82, 2.24) is 0 Å². The lowest BCUT2D eigenvalue weighted by molar-refractivity contribution is -0.120. The van der Waals surface area contributed by atoms with Gasteiger partial charge in [-0.05, 0) is 77.7 Å². The molecule has 37 heavy (non-hydrogen) atoms. The zero-order chi connectivity index (χ0) is 26.2. The predicted molar refractivity (Wildman–Crippen MR) is 142 cm³/mol. The van der Waals surface area contributed by atoms with Crippen LogP contribution in [0.25, 0.3) is 22.3 Å². The lowest BCUT2D eigenvalue weighted by atomic mass is 10.0. The molecule has 0 saturated carbocycles. The second-order valence-corrected chi connectivity index (χ2v) is 8.34. The van der Waals surface area contributed by atoms with E-state index in [1.165, 1.54) is 0 Å². The zero-order valence-electron chi connectivity index (χ0n) is 20.6. The molecule has 4 aromatic rings. The van der Waals surface area contributed by atoms with Crippen LogP contribution in [-0.2, 0) is 4.79 Å². The van der Waals surface area contributed by atoms with Gasteiger partial charge in [0.2, 0.25) is 0 Å². The van der Waals surface area contributed by atoms with Gasteiger partial charge in [-0.15, -0.1) is 0 Å². The highest BCUT2D eigenvalue weighted by atomic mass is 16.5. The van der Waals surface area contributed by atoms with Crippen molar-refractivity contribution in [2.45, 2.75) is 6.92 Å². The first-order chi connectivity index (χ1) is 18.0. The minimum absolute atomic E-state index is 0.338. The van der Waals surface area contributed by atoms with Crippen LogP contribution >= 0.6 is 0 Å². The molecule has 0 aliphatic rings. The normalized spacial score (nSPS) is 10.3. The molecule has 0 saturated heterocycles. The minimum Gasteiger partial charge on any atom is -0.497 e. The number of esters is 1. The number of carbonyl (C=O) groups excluding carboxylic acids is 2. The maximum atomic E-state index is 12.8. The second-order valence-electron chi connectivity index (χ2n) is 8.34. The Morgan fingerprint density at radius 2 is 1.35 bits per heavy atom. The van der Waals surface area contributed by atoms with Gasteiger partial charge in [-0.1, -0.05) is 43.0 Å². The van der Waals surface area contributed by atoms with Crippen LogP contribution in [0.3, 0.4) is 0 Å². The minimum atomic E-state index is -0.482. The van der Waals surface area contributed by atoms with Crippen LogP contribution in [0, 0.1) is 0 Å². The molecule has 4 rings (SSSR count). The molecule has 4 aromatic carbocycles. The molecule has 186 valence electrons. The molecule has 0 N–H and O–H groups in total. The average Bonchev–Trinajstić information content (AvgIpc) is 2.93. The van der Waals surface area contributed by atoms with Crippen LogP contribution in [0.15, 0.2) is 103 Å². The summed E-state index contributed by atoms with van der Waals surface area (Å²) in [4.78, 5) is 23.3. The molecule has 0 aromatic heterocycles. The Morgan fingerprint density at radius 3 is 1.95 bits per heavy atom. The third kappa shape index (κ3) is 6.44. The van der Waals surface area contributed by atoms with Crippen molar-refractivity contribution in [2.75, 3.05) is 13.7 Å². The van der Waals surface area contributed by atoms with E-state index < -0.39 is 5.97 Å². The molecule has 0 fully saturated rings. The highest BCUT2D eigenvalue weighted by Gasteiger charge is 2.14. The van der Waals surface area contributed by atoms with Crippen molar-refractivity contribution in [1.29, 1.82) is 0 Å². The maximum Gasteiger partial charge on any atom is 0.343 e. The van der Waals surface area contributed by atoms with Crippen molar-refractivity contribution in [2.24, 2.45) is 0 Å². The van der Waals surface area contributed by atoms with Gasteiger partial charge in [0.15, 0.2) is 0 Å². The average molecular weight is 495 g/mol. The van der Waals surface area contributed by atoms with Crippen LogP contribution in [0.4, 0.5) is 0 Å². The van der Waals surface area contributed by atoms with Crippen LogP contribution in [0.2, 0.25) is 0 Å². The molecular formula is C31H26O6. The molecule has 0 spiro atoms. The van der Waals surface area contributed by atoms with Gasteiger partial charge in [0.05, 0.1) is 12.7 Å². The standard InChI is InChI=1S/C31H26O6/c1-21(2)19-35-30-18-28(16-17-29(30)24-10-12-26(34-3)13-11-24)37-31(33)25-6-4-22(5-7-25)23-8-14-27(15-9-23)36-20-32/h4-18,20H,1,19H2,2-3H3. The summed E-state index contributed by atoms with van der Waals surface area (Å²) in [6, 6.07) is 27.1. The summed E-state index contributed by atoms with van der Waals surface area (Å²) in [6.45, 7) is 6.51. The van der Waals surface area contributed by atoms with E-state index >= 15 is 0 Å². The fourth-order valence-electron chi connectivity index (χ4n) is 3.64. The number of methoxy groups -OCH3 is 1. The largest absolute Gasteiger partial charge is 0.497 e. The zero-order valence-corrected chi connectivity index (χ0v) is 20.6. The summed E-state index contributed by atoms with van der Waals surface area (Å²) in [5, 5.41) is 0. The molecule has 0 amide bonds. The fraction of sp³-hybridized carbons (Fsp3) is 0.0968. The third-order valence-electron chi connectivity index (χ3n) is 5.53.